The second-order valence-corrected chi connectivity index (χ2v) is 10.1. The zero-order chi connectivity index (χ0) is 32.0. The second-order valence-electron chi connectivity index (χ2n) is 10.1. The topological polar surface area (TPSA) is 156 Å². The van der Waals surface area contributed by atoms with E-state index in [0.717, 1.165) is 38.7 Å². The Morgan fingerprint density at radius 2 is 1.82 bits per heavy atom. The predicted octanol–water partition coefficient (Wildman–Crippen LogP) is 5.89. The van der Waals surface area contributed by atoms with Crippen molar-refractivity contribution in [2.24, 2.45) is 0 Å². The van der Waals surface area contributed by atoms with Gasteiger partial charge in [0.25, 0.3) is 0 Å². The molecule has 0 spiro atoms. The number of nitrogen functional groups attached to an aromatic ring is 1. The molecule has 4 aromatic rings. The van der Waals surface area contributed by atoms with E-state index in [-0.39, 0.29) is 18.6 Å². The first-order valence-electron chi connectivity index (χ1n) is 13.5. The number of hydrogen-bond acceptors (Lipinski definition) is 7. The van der Waals surface area contributed by atoms with Crippen LogP contribution in [-0.4, -0.2) is 40.8 Å². The van der Waals surface area contributed by atoms with Gasteiger partial charge in [-0.15, -0.1) is 0 Å². The molecule has 13 heteroatoms. The lowest BCUT2D eigenvalue weighted by atomic mass is 9.97. The van der Waals surface area contributed by atoms with E-state index in [9.17, 15) is 22.8 Å². The number of aromatic nitrogens is 1. The lowest BCUT2D eigenvalue weighted by Crippen LogP contribution is -2.35. The van der Waals surface area contributed by atoms with E-state index in [1.54, 1.807) is 12.3 Å². The van der Waals surface area contributed by atoms with Crippen molar-refractivity contribution >= 4 is 45.9 Å². The van der Waals surface area contributed by atoms with Crippen LogP contribution in [0.1, 0.15) is 41.3 Å². The Kier molecular flexibility index (Phi) is 9.57. The maximum atomic E-state index is 13.7. The van der Waals surface area contributed by atoms with Crippen molar-refractivity contribution in [2.45, 2.75) is 38.5 Å². The standard InChI is InChI=1S/C29H29N5O3.C2HF3O2/c1-17-14-22-7-6-19(17)11-13-37-29(36)34-23-5-3-4-20(15-23)18(2)32-28(35)26(22)33-24-8-9-25-21(16-24)10-12-31-27(25)30;3-2(4,5)1(6)7/h3-10,12,14-16,18,26,33H,11,13H2,1-2H3,(H2,30,31)(H,32,35)(H,34,36);(H,6,7)/t18-,26?;/m0./s1. The van der Waals surface area contributed by atoms with Crippen LogP contribution < -0.4 is 21.7 Å². The summed E-state index contributed by atoms with van der Waals surface area (Å²) in [6.07, 6.45) is -3.35. The molecule has 0 fully saturated rings. The van der Waals surface area contributed by atoms with Gasteiger partial charge in [0.2, 0.25) is 5.91 Å². The number of ether oxygens (including phenoxy) is 1. The average molecular weight is 610 g/mol. The van der Waals surface area contributed by atoms with Crippen LogP contribution in [0, 0.1) is 6.92 Å². The average Bonchev–Trinajstić information content (AvgIpc) is 2.96. The van der Waals surface area contributed by atoms with Crippen LogP contribution in [0.15, 0.2) is 72.9 Å². The molecule has 230 valence electrons. The Hall–Kier alpha value is -5.33. The molecule has 1 aromatic heterocycles. The van der Waals surface area contributed by atoms with Gasteiger partial charge in [-0.3, -0.25) is 10.1 Å². The van der Waals surface area contributed by atoms with E-state index in [1.165, 1.54) is 0 Å². The number of nitrogens with one attached hydrogen (secondary N) is 3. The molecule has 6 N–H and O–H groups in total. The second kappa shape index (κ2) is 13.3. The van der Waals surface area contributed by atoms with Crippen LogP contribution in [0.4, 0.5) is 35.2 Å². The molecular formula is C31H30F3N5O5. The van der Waals surface area contributed by atoms with E-state index >= 15 is 0 Å². The van der Waals surface area contributed by atoms with Gasteiger partial charge in [-0.05, 0) is 77.9 Å². The minimum Gasteiger partial charge on any atom is -0.475 e. The molecule has 2 aliphatic rings. The first-order chi connectivity index (χ1) is 20.8. The van der Waals surface area contributed by atoms with Crippen molar-refractivity contribution in [1.29, 1.82) is 0 Å². The third kappa shape index (κ3) is 7.94. The van der Waals surface area contributed by atoms with Crippen molar-refractivity contribution in [3.8, 4) is 0 Å². The van der Waals surface area contributed by atoms with Crippen LogP contribution in [0.25, 0.3) is 10.8 Å². The number of pyridine rings is 1. The molecule has 3 heterocycles. The number of aliphatic carboxylic acids is 1. The van der Waals surface area contributed by atoms with Crippen LogP contribution in [0.2, 0.25) is 0 Å². The summed E-state index contributed by atoms with van der Waals surface area (Å²) in [5.74, 6) is -2.46. The number of carbonyl (C=O) groups is 3. The summed E-state index contributed by atoms with van der Waals surface area (Å²) in [6, 6.07) is 20.0. The van der Waals surface area contributed by atoms with E-state index in [0.29, 0.717) is 17.9 Å². The summed E-state index contributed by atoms with van der Waals surface area (Å²) in [6.45, 7) is 4.16. The summed E-state index contributed by atoms with van der Waals surface area (Å²) in [5.41, 5.74) is 11.2. The molecule has 1 unspecified atom stereocenters. The Morgan fingerprint density at radius 3 is 2.52 bits per heavy atom. The molecule has 2 aliphatic heterocycles. The number of aryl methyl sites for hydroxylation is 1. The van der Waals surface area contributed by atoms with Gasteiger partial charge in [0.1, 0.15) is 11.9 Å². The molecule has 2 atom stereocenters. The lowest BCUT2D eigenvalue weighted by molar-refractivity contribution is -0.192. The van der Waals surface area contributed by atoms with Gasteiger partial charge in [0.15, 0.2) is 0 Å². The third-order valence-electron chi connectivity index (χ3n) is 6.91. The van der Waals surface area contributed by atoms with Gasteiger partial charge in [0.05, 0.1) is 12.6 Å². The Bertz CT molecular complexity index is 1700. The number of alkyl halides is 3. The number of fused-ring (bicyclic) bond motifs is 10. The minimum absolute atomic E-state index is 0.168. The van der Waals surface area contributed by atoms with Crippen LogP contribution in [-0.2, 0) is 20.7 Å². The Balaban J connectivity index is 0.000000566. The summed E-state index contributed by atoms with van der Waals surface area (Å²) >= 11 is 0. The van der Waals surface area contributed by atoms with E-state index in [2.05, 4.69) is 20.9 Å². The molecule has 0 radical (unpaired) electrons. The van der Waals surface area contributed by atoms with Crippen LogP contribution >= 0.6 is 0 Å². The van der Waals surface area contributed by atoms with Gasteiger partial charge < -0.3 is 26.2 Å². The minimum atomic E-state index is -5.08. The number of anilines is 3. The number of hydrogen-bond donors (Lipinski definition) is 5. The number of carbonyl (C=O) groups excluding carboxylic acids is 2. The summed E-state index contributed by atoms with van der Waals surface area (Å²) < 4.78 is 37.1. The maximum Gasteiger partial charge on any atom is 0.490 e. The third-order valence-corrected chi connectivity index (χ3v) is 6.91. The zero-order valence-corrected chi connectivity index (χ0v) is 23.7. The number of rotatable bonds is 2. The first kappa shape index (κ1) is 31.6. The summed E-state index contributed by atoms with van der Waals surface area (Å²) in [5, 5.41) is 18.2. The molecule has 0 saturated heterocycles. The van der Waals surface area contributed by atoms with Crippen molar-refractivity contribution in [3.05, 3.63) is 95.2 Å². The molecule has 10 nitrogen and oxygen atoms in total. The Labute approximate surface area is 250 Å². The SMILES string of the molecule is Cc1cc2ccc1CCOC(=O)Nc1cccc(c1)[C@H](C)NC(=O)C2Nc1ccc2c(N)nccc2c1.O=C(O)C(F)(F)F. The largest absolute Gasteiger partial charge is 0.490 e. The number of nitrogens with two attached hydrogens (primary N) is 1. The summed E-state index contributed by atoms with van der Waals surface area (Å²) in [7, 11) is 0. The van der Waals surface area contributed by atoms with Gasteiger partial charge in [0, 0.05) is 29.4 Å². The van der Waals surface area contributed by atoms with Gasteiger partial charge >= 0.3 is 18.2 Å². The van der Waals surface area contributed by atoms with Gasteiger partial charge in [-0.1, -0.05) is 30.3 Å². The van der Waals surface area contributed by atoms with E-state index in [4.69, 9.17) is 20.4 Å². The quantitative estimate of drug-likeness (QED) is 0.188. The zero-order valence-electron chi connectivity index (χ0n) is 23.7. The number of halogens is 3. The molecule has 4 bridgehead atoms. The van der Waals surface area contributed by atoms with Crippen LogP contribution in [0.3, 0.4) is 0 Å². The number of carboxylic acid groups (broad SMARTS) is 1. The highest BCUT2D eigenvalue weighted by Crippen LogP contribution is 2.28. The van der Waals surface area contributed by atoms with Crippen molar-refractivity contribution < 1.29 is 37.4 Å². The molecule has 2 amide bonds. The van der Waals surface area contributed by atoms with Crippen molar-refractivity contribution in [3.63, 3.8) is 0 Å². The van der Waals surface area contributed by atoms with Crippen LogP contribution in [0.5, 0.6) is 0 Å². The lowest BCUT2D eigenvalue weighted by Gasteiger charge is -2.24. The molecule has 0 saturated carbocycles. The molecular weight excluding hydrogens is 579 g/mol. The highest BCUT2D eigenvalue weighted by Gasteiger charge is 2.38. The fraction of sp³-hybridized carbons (Fsp3) is 0.226. The number of benzene rings is 3. The normalized spacial score (nSPS) is 17.0. The highest BCUT2D eigenvalue weighted by molar-refractivity contribution is 5.94. The fourth-order valence-electron chi connectivity index (χ4n) is 4.61. The number of carboxylic acids is 1. The monoisotopic (exact) mass is 609 g/mol. The summed E-state index contributed by atoms with van der Waals surface area (Å²) in [4.78, 5) is 39.0. The number of nitrogens with zero attached hydrogens (tertiary/aromatic N) is 1. The number of amides is 2. The van der Waals surface area contributed by atoms with Gasteiger partial charge in [-0.2, -0.15) is 13.2 Å². The Morgan fingerprint density at radius 1 is 1.07 bits per heavy atom. The predicted molar refractivity (Wildman–Crippen MR) is 159 cm³/mol. The van der Waals surface area contributed by atoms with E-state index < -0.39 is 24.3 Å². The highest BCUT2D eigenvalue weighted by atomic mass is 19.4. The van der Waals surface area contributed by atoms with Crippen molar-refractivity contribution in [2.75, 3.05) is 23.0 Å². The maximum absolute atomic E-state index is 13.7. The first-order valence-corrected chi connectivity index (χ1v) is 13.5. The molecule has 3 aromatic carbocycles. The van der Waals surface area contributed by atoms with E-state index in [1.807, 2.05) is 74.5 Å². The van der Waals surface area contributed by atoms with Gasteiger partial charge in [-0.25, -0.2) is 14.6 Å². The van der Waals surface area contributed by atoms with Crippen molar-refractivity contribution in [1.82, 2.24) is 10.3 Å². The molecule has 6 rings (SSSR count). The molecule has 44 heavy (non-hydrogen) atoms. The smallest absolute Gasteiger partial charge is 0.475 e. The fourth-order valence-corrected chi connectivity index (χ4v) is 4.61. The molecule has 0 aliphatic carbocycles.